The van der Waals surface area contributed by atoms with Crippen LogP contribution in [0, 0.1) is 5.41 Å². The van der Waals surface area contributed by atoms with Crippen LogP contribution in [0.5, 0.6) is 11.6 Å². The van der Waals surface area contributed by atoms with Crippen molar-refractivity contribution >= 4 is 11.9 Å². The number of hydrogen-bond donors (Lipinski definition) is 2. The van der Waals surface area contributed by atoms with Crippen LogP contribution in [0.3, 0.4) is 0 Å². The molecule has 0 aliphatic carbocycles. The molecule has 0 saturated carbocycles. The number of nitrogens with zero attached hydrogens (tertiary/aromatic N) is 2. The van der Waals surface area contributed by atoms with Gasteiger partial charge in [-0.25, -0.2) is 4.98 Å². The number of carbonyl (C=O) groups excluding carboxylic acids is 1. The third-order valence-corrected chi connectivity index (χ3v) is 3.47. The molecule has 0 bridgehead atoms. The molecule has 1 aromatic heterocycles. The zero-order valence-electron chi connectivity index (χ0n) is 13.5. The SMILES string of the molecule is CC(C)(CCNC(=O)c1cccc(Oc2cnccn2)c1)C(=O)O. The number of aromatic nitrogens is 2. The van der Waals surface area contributed by atoms with Gasteiger partial charge in [0.1, 0.15) is 5.75 Å². The highest BCUT2D eigenvalue weighted by atomic mass is 16.5. The summed E-state index contributed by atoms with van der Waals surface area (Å²) in [6.45, 7) is 3.51. The molecule has 2 N–H and O–H groups in total. The first kappa shape index (κ1) is 17.4. The van der Waals surface area contributed by atoms with E-state index in [1.165, 1.54) is 18.6 Å². The van der Waals surface area contributed by atoms with Gasteiger partial charge in [0.2, 0.25) is 5.88 Å². The summed E-state index contributed by atoms with van der Waals surface area (Å²) >= 11 is 0. The van der Waals surface area contributed by atoms with Crippen LogP contribution in [0.1, 0.15) is 30.6 Å². The first-order chi connectivity index (χ1) is 11.4. The maximum Gasteiger partial charge on any atom is 0.309 e. The molecular formula is C17H19N3O4. The second-order valence-electron chi connectivity index (χ2n) is 5.87. The van der Waals surface area contributed by atoms with E-state index in [0.29, 0.717) is 23.6 Å². The number of aliphatic carboxylic acids is 1. The van der Waals surface area contributed by atoms with Crippen molar-refractivity contribution in [3.63, 3.8) is 0 Å². The number of amides is 1. The molecule has 0 unspecified atom stereocenters. The van der Waals surface area contributed by atoms with Gasteiger partial charge in [-0.3, -0.25) is 14.6 Å². The molecule has 126 valence electrons. The Labute approximate surface area is 139 Å². The molecule has 0 fully saturated rings. The van der Waals surface area contributed by atoms with Crippen LogP contribution in [0.4, 0.5) is 0 Å². The lowest BCUT2D eigenvalue weighted by atomic mass is 9.90. The number of carboxylic acids is 1. The van der Waals surface area contributed by atoms with Crippen LogP contribution in [0.25, 0.3) is 0 Å². The van der Waals surface area contributed by atoms with Gasteiger partial charge in [-0.1, -0.05) is 6.07 Å². The summed E-state index contributed by atoms with van der Waals surface area (Å²) in [7, 11) is 0. The van der Waals surface area contributed by atoms with Gasteiger partial charge in [-0.15, -0.1) is 0 Å². The Hall–Kier alpha value is -2.96. The van der Waals surface area contributed by atoms with E-state index in [-0.39, 0.29) is 12.5 Å². The third-order valence-electron chi connectivity index (χ3n) is 3.47. The molecule has 0 aliphatic rings. The fourth-order valence-corrected chi connectivity index (χ4v) is 1.86. The third kappa shape index (κ3) is 4.77. The summed E-state index contributed by atoms with van der Waals surface area (Å²) in [6.07, 6.45) is 4.86. The average Bonchev–Trinajstić information content (AvgIpc) is 2.55. The Morgan fingerprint density at radius 2 is 2.08 bits per heavy atom. The van der Waals surface area contributed by atoms with Crippen molar-refractivity contribution in [2.75, 3.05) is 6.54 Å². The maximum absolute atomic E-state index is 12.2. The smallest absolute Gasteiger partial charge is 0.309 e. The van der Waals surface area contributed by atoms with Crippen LogP contribution >= 0.6 is 0 Å². The van der Waals surface area contributed by atoms with Gasteiger partial charge in [-0.05, 0) is 38.5 Å². The molecule has 24 heavy (non-hydrogen) atoms. The van der Waals surface area contributed by atoms with Crippen molar-refractivity contribution in [3.8, 4) is 11.6 Å². The summed E-state index contributed by atoms with van der Waals surface area (Å²) in [6, 6.07) is 6.65. The zero-order valence-corrected chi connectivity index (χ0v) is 13.5. The molecule has 1 amide bonds. The first-order valence-electron chi connectivity index (χ1n) is 7.44. The molecule has 0 atom stereocenters. The highest BCUT2D eigenvalue weighted by molar-refractivity contribution is 5.94. The predicted molar refractivity (Wildman–Crippen MR) is 86.9 cm³/mol. The van der Waals surface area contributed by atoms with E-state index in [0.717, 1.165) is 0 Å². The van der Waals surface area contributed by atoms with Gasteiger partial charge in [0.25, 0.3) is 5.91 Å². The fraction of sp³-hybridized carbons (Fsp3) is 0.294. The molecule has 1 aromatic carbocycles. The number of ether oxygens (including phenoxy) is 1. The highest BCUT2D eigenvalue weighted by Crippen LogP contribution is 2.21. The topological polar surface area (TPSA) is 101 Å². The van der Waals surface area contributed by atoms with Crippen LogP contribution in [-0.4, -0.2) is 33.5 Å². The van der Waals surface area contributed by atoms with Gasteiger partial charge in [0.05, 0.1) is 11.6 Å². The van der Waals surface area contributed by atoms with Crippen molar-refractivity contribution in [1.29, 1.82) is 0 Å². The van der Waals surface area contributed by atoms with Crippen molar-refractivity contribution in [2.45, 2.75) is 20.3 Å². The molecule has 0 aliphatic heterocycles. The van der Waals surface area contributed by atoms with Gasteiger partial charge < -0.3 is 15.2 Å². The summed E-state index contributed by atoms with van der Waals surface area (Å²) in [5, 5.41) is 11.8. The molecule has 1 heterocycles. The average molecular weight is 329 g/mol. The monoisotopic (exact) mass is 329 g/mol. The summed E-state index contributed by atoms with van der Waals surface area (Å²) < 4.78 is 5.53. The van der Waals surface area contributed by atoms with E-state index in [4.69, 9.17) is 9.84 Å². The molecule has 2 rings (SSSR count). The minimum Gasteiger partial charge on any atom is -0.481 e. The van der Waals surface area contributed by atoms with E-state index in [1.54, 1.807) is 38.1 Å². The molecule has 7 heteroatoms. The van der Waals surface area contributed by atoms with Crippen LogP contribution in [-0.2, 0) is 4.79 Å². The Bertz CT molecular complexity index is 717. The van der Waals surface area contributed by atoms with Crippen molar-refractivity contribution in [1.82, 2.24) is 15.3 Å². The molecular weight excluding hydrogens is 310 g/mol. The van der Waals surface area contributed by atoms with E-state index in [2.05, 4.69) is 15.3 Å². The van der Waals surface area contributed by atoms with Gasteiger partial charge >= 0.3 is 5.97 Å². The second-order valence-corrected chi connectivity index (χ2v) is 5.87. The van der Waals surface area contributed by atoms with Crippen molar-refractivity contribution in [3.05, 3.63) is 48.4 Å². The predicted octanol–water partition coefficient (Wildman–Crippen LogP) is 2.50. The van der Waals surface area contributed by atoms with Crippen LogP contribution < -0.4 is 10.1 Å². The van der Waals surface area contributed by atoms with Gasteiger partial charge in [0.15, 0.2) is 0 Å². The largest absolute Gasteiger partial charge is 0.481 e. The van der Waals surface area contributed by atoms with E-state index in [9.17, 15) is 9.59 Å². The quantitative estimate of drug-likeness (QED) is 0.809. The lowest BCUT2D eigenvalue weighted by Crippen LogP contribution is -2.31. The number of hydrogen-bond acceptors (Lipinski definition) is 5. The Morgan fingerprint density at radius 3 is 2.75 bits per heavy atom. The Kier molecular flexibility index (Phi) is 5.47. The van der Waals surface area contributed by atoms with Crippen LogP contribution in [0.15, 0.2) is 42.9 Å². The number of rotatable bonds is 7. The summed E-state index contributed by atoms with van der Waals surface area (Å²) in [5.74, 6) is -0.385. The van der Waals surface area contributed by atoms with E-state index >= 15 is 0 Å². The van der Waals surface area contributed by atoms with Crippen molar-refractivity contribution in [2.24, 2.45) is 5.41 Å². The number of benzene rings is 1. The molecule has 0 saturated heterocycles. The summed E-state index contributed by atoms with van der Waals surface area (Å²) in [5.41, 5.74) is -0.464. The lowest BCUT2D eigenvalue weighted by molar-refractivity contribution is -0.147. The van der Waals surface area contributed by atoms with Crippen LogP contribution in [0.2, 0.25) is 0 Å². The molecule has 2 aromatic rings. The molecule has 0 radical (unpaired) electrons. The fourth-order valence-electron chi connectivity index (χ4n) is 1.86. The standard InChI is InChI=1S/C17H19N3O4/c1-17(2,16(22)23)6-7-20-15(21)12-4-3-5-13(10-12)24-14-11-18-8-9-19-14/h3-5,8-11H,6-7H2,1-2H3,(H,20,21)(H,22,23). The number of carboxylic acid groups (broad SMARTS) is 1. The Morgan fingerprint density at radius 1 is 1.29 bits per heavy atom. The zero-order chi connectivity index (χ0) is 17.6. The molecule has 7 nitrogen and oxygen atoms in total. The van der Waals surface area contributed by atoms with Gasteiger partial charge in [0, 0.05) is 24.5 Å². The number of carbonyl (C=O) groups is 2. The first-order valence-corrected chi connectivity index (χ1v) is 7.44. The molecule has 0 spiro atoms. The van der Waals surface area contributed by atoms with E-state index in [1.807, 2.05) is 0 Å². The summed E-state index contributed by atoms with van der Waals surface area (Å²) in [4.78, 5) is 31.1. The van der Waals surface area contributed by atoms with Crippen molar-refractivity contribution < 1.29 is 19.4 Å². The minimum absolute atomic E-state index is 0.271. The maximum atomic E-state index is 12.2. The lowest BCUT2D eigenvalue weighted by Gasteiger charge is -2.18. The second kappa shape index (κ2) is 7.54. The Balaban J connectivity index is 1.95. The van der Waals surface area contributed by atoms with E-state index < -0.39 is 11.4 Å². The normalized spacial score (nSPS) is 10.9. The number of nitrogens with one attached hydrogen (secondary N) is 1. The highest BCUT2D eigenvalue weighted by Gasteiger charge is 2.26. The minimum atomic E-state index is -0.892. The van der Waals surface area contributed by atoms with Gasteiger partial charge in [-0.2, -0.15) is 0 Å².